The van der Waals surface area contributed by atoms with Crippen LogP contribution in [0.1, 0.15) is 6.42 Å². The molecule has 0 bridgehead atoms. The Morgan fingerprint density at radius 1 is 1.92 bits per heavy atom. The number of nitrogens with zero attached hydrogens (tertiary/aromatic N) is 1. The van der Waals surface area contributed by atoms with Crippen molar-refractivity contribution in [3.8, 4) is 6.07 Å². The Morgan fingerprint density at radius 2 is 2.62 bits per heavy atom. The molecule has 0 aromatic carbocycles. The molecule has 2 N–H and O–H groups in total. The number of β-lactam (4-membered cyclic amide) rings is 1. The molecule has 0 saturated carbocycles. The van der Waals surface area contributed by atoms with Crippen molar-refractivity contribution in [2.75, 3.05) is 6.54 Å². The molecule has 5 nitrogen and oxygen atoms in total. The summed E-state index contributed by atoms with van der Waals surface area (Å²) in [4.78, 5) is 21.9. The Morgan fingerprint density at radius 3 is 3.00 bits per heavy atom. The largest absolute Gasteiger partial charge is 0.352 e. The normalized spacial score (nSPS) is 22.2. The standard InChI is InChI=1S/C7H9N3O2S/c8-2-1-5(13)7(12)10-4-3-9-6(4)11/h4-5,13H,1,3H2,(H,9,11)(H,10,12). The number of carbonyl (C=O) groups is 2. The SMILES string of the molecule is N#CCC(S)C(=O)NC1CNC1=O. The van der Waals surface area contributed by atoms with Gasteiger partial charge in [-0.15, -0.1) is 0 Å². The van der Waals surface area contributed by atoms with E-state index in [1.54, 1.807) is 0 Å². The number of nitrogens with one attached hydrogen (secondary N) is 2. The summed E-state index contributed by atoms with van der Waals surface area (Å²) in [7, 11) is 0. The predicted molar refractivity (Wildman–Crippen MR) is 47.9 cm³/mol. The monoisotopic (exact) mass is 199 g/mol. The fourth-order valence-corrected chi connectivity index (χ4v) is 1.01. The molecule has 1 aliphatic rings. The van der Waals surface area contributed by atoms with Gasteiger partial charge < -0.3 is 10.6 Å². The van der Waals surface area contributed by atoms with Gasteiger partial charge in [-0.2, -0.15) is 17.9 Å². The van der Waals surface area contributed by atoms with Crippen molar-refractivity contribution in [1.82, 2.24) is 10.6 Å². The third-order valence-corrected chi connectivity index (χ3v) is 2.12. The minimum absolute atomic E-state index is 0.0449. The number of nitriles is 1. The van der Waals surface area contributed by atoms with E-state index in [1.165, 1.54) is 0 Å². The van der Waals surface area contributed by atoms with E-state index < -0.39 is 11.3 Å². The predicted octanol–water partition coefficient (Wildman–Crippen LogP) is -1.19. The third kappa shape index (κ3) is 2.36. The number of thiol groups is 1. The molecule has 6 heteroatoms. The molecule has 0 aromatic heterocycles. The van der Waals surface area contributed by atoms with Crippen LogP contribution in [0.4, 0.5) is 0 Å². The zero-order valence-corrected chi connectivity index (χ0v) is 7.67. The number of rotatable bonds is 3. The van der Waals surface area contributed by atoms with Gasteiger partial charge in [0.25, 0.3) is 0 Å². The summed E-state index contributed by atoms with van der Waals surface area (Å²) in [5.41, 5.74) is 0. The van der Waals surface area contributed by atoms with E-state index in [2.05, 4.69) is 23.3 Å². The van der Waals surface area contributed by atoms with Crippen LogP contribution in [0.2, 0.25) is 0 Å². The van der Waals surface area contributed by atoms with Crippen LogP contribution in [0.3, 0.4) is 0 Å². The minimum Gasteiger partial charge on any atom is -0.352 e. The molecule has 70 valence electrons. The lowest BCUT2D eigenvalue weighted by Gasteiger charge is -2.27. The second-order valence-electron chi connectivity index (χ2n) is 2.68. The molecule has 13 heavy (non-hydrogen) atoms. The van der Waals surface area contributed by atoms with E-state index in [0.29, 0.717) is 6.54 Å². The molecular formula is C7H9N3O2S. The molecule has 1 saturated heterocycles. The smallest absolute Gasteiger partial charge is 0.244 e. The van der Waals surface area contributed by atoms with Gasteiger partial charge in [0, 0.05) is 6.54 Å². The van der Waals surface area contributed by atoms with Crippen LogP contribution in [-0.2, 0) is 9.59 Å². The van der Waals surface area contributed by atoms with Crippen molar-refractivity contribution < 1.29 is 9.59 Å². The van der Waals surface area contributed by atoms with Crippen LogP contribution in [0.5, 0.6) is 0 Å². The average molecular weight is 199 g/mol. The van der Waals surface area contributed by atoms with Crippen LogP contribution in [0.15, 0.2) is 0 Å². The molecular weight excluding hydrogens is 190 g/mol. The third-order valence-electron chi connectivity index (χ3n) is 1.70. The van der Waals surface area contributed by atoms with Crippen molar-refractivity contribution in [2.24, 2.45) is 0 Å². The van der Waals surface area contributed by atoms with E-state index in [4.69, 9.17) is 5.26 Å². The molecule has 1 heterocycles. The zero-order valence-electron chi connectivity index (χ0n) is 6.78. The minimum atomic E-state index is -0.654. The first-order chi connectivity index (χ1) is 6.15. The van der Waals surface area contributed by atoms with Gasteiger partial charge >= 0.3 is 0 Å². The van der Waals surface area contributed by atoms with E-state index in [9.17, 15) is 9.59 Å². The molecule has 0 spiro atoms. The fraction of sp³-hybridized carbons (Fsp3) is 0.571. The summed E-state index contributed by atoms with van der Waals surface area (Å²) in [6.45, 7) is 0.456. The number of amides is 2. The topological polar surface area (TPSA) is 82.0 Å². The molecule has 1 fully saturated rings. The summed E-state index contributed by atoms with van der Waals surface area (Å²) in [5.74, 6) is -0.560. The zero-order chi connectivity index (χ0) is 9.84. The quantitative estimate of drug-likeness (QED) is 0.395. The van der Waals surface area contributed by atoms with Gasteiger partial charge in [0.2, 0.25) is 11.8 Å². The van der Waals surface area contributed by atoms with Crippen LogP contribution >= 0.6 is 12.6 Å². The van der Waals surface area contributed by atoms with Crippen LogP contribution in [0.25, 0.3) is 0 Å². The van der Waals surface area contributed by atoms with Crippen molar-refractivity contribution in [3.63, 3.8) is 0 Å². The van der Waals surface area contributed by atoms with Gasteiger partial charge in [-0.25, -0.2) is 0 Å². The van der Waals surface area contributed by atoms with E-state index in [0.717, 1.165) is 0 Å². The van der Waals surface area contributed by atoms with Crippen molar-refractivity contribution >= 4 is 24.4 Å². The summed E-state index contributed by atoms with van der Waals surface area (Å²) in [6, 6.07) is 1.39. The number of hydrogen-bond acceptors (Lipinski definition) is 4. The van der Waals surface area contributed by atoms with Gasteiger partial charge in [-0.1, -0.05) is 0 Å². The lowest BCUT2D eigenvalue weighted by Crippen LogP contribution is -2.62. The summed E-state index contributed by atoms with van der Waals surface area (Å²) in [6.07, 6.45) is 0.0449. The van der Waals surface area contributed by atoms with Gasteiger partial charge in [0.1, 0.15) is 6.04 Å². The molecule has 0 aliphatic carbocycles. The maximum absolute atomic E-state index is 11.2. The first-order valence-electron chi connectivity index (χ1n) is 3.78. The van der Waals surface area contributed by atoms with Crippen molar-refractivity contribution in [3.05, 3.63) is 0 Å². The Hall–Kier alpha value is -1.22. The molecule has 0 aromatic rings. The Kier molecular flexibility index (Phi) is 3.14. The van der Waals surface area contributed by atoms with Crippen LogP contribution < -0.4 is 10.6 Å². The van der Waals surface area contributed by atoms with E-state index in [1.807, 2.05) is 6.07 Å². The second kappa shape index (κ2) is 4.14. The van der Waals surface area contributed by atoms with Crippen molar-refractivity contribution in [2.45, 2.75) is 17.7 Å². The lowest BCUT2D eigenvalue weighted by atomic mass is 10.1. The molecule has 2 atom stereocenters. The van der Waals surface area contributed by atoms with Crippen molar-refractivity contribution in [1.29, 1.82) is 5.26 Å². The first-order valence-corrected chi connectivity index (χ1v) is 4.30. The highest BCUT2D eigenvalue weighted by atomic mass is 32.1. The second-order valence-corrected chi connectivity index (χ2v) is 3.31. The molecule has 2 amide bonds. The van der Waals surface area contributed by atoms with Gasteiger partial charge in [-0.05, 0) is 0 Å². The highest BCUT2D eigenvalue weighted by Gasteiger charge is 2.30. The maximum Gasteiger partial charge on any atom is 0.244 e. The van der Waals surface area contributed by atoms with E-state index >= 15 is 0 Å². The van der Waals surface area contributed by atoms with E-state index in [-0.39, 0.29) is 18.2 Å². The van der Waals surface area contributed by atoms with Gasteiger partial charge in [-0.3, -0.25) is 9.59 Å². The van der Waals surface area contributed by atoms with Crippen LogP contribution in [0, 0.1) is 11.3 Å². The Balaban J connectivity index is 2.32. The summed E-state index contributed by atoms with van der Waals surface area (Å²) < 4.78 is 0. The highest BCUT2D eigenvalue weighted by Crippen LogP contribution is 2.02. The summed E-state index contributed by atoms with van der Waals surface area (Å²) in [5, 5.41) is 12.6. The van der Waals surface area contributed by atoms with Crippen LogP contribution in [-0.4, -0.2) is 29.7 Å². The van der Waals surface area contributed by atoms with Gasteiger partial charge in [0.05, 0.1) is 17.7 Å². The molecule has 1 rings (SSSR count). The summed E-state index contributed by atoms with van der Waals surface area (Å²) >= 11 is 3.91. The highest BCUT2D eigenvalue weighted by molar-refractivity contribution is 7.81. The maximum atomic E-state index is 11.2. The molecule has 1 aliphatic heterocycles. The lowest BCUT2D eigenvalue weighted by molar-refractivity contribution is -0.133. The number of hydrogen-bond donors (Lipinski definition) is 3. The molecule has 2 unspecified atom stereocenters. The Bertz CT molecular complexity index is 273. The average Bonchev–Trinajstić information content (AvgIpc) is 2.11. The first kappa shape index (κ1) is 9.86. The van der Waals surface area contributed by atoms with Gasteiger partial charge in [0.15, 0.2) is 0 Å². The molecule has 0 radical (unpaired) electrons. The fourth-order valence-electron chi connectivity index (χ4n) is 0.851. The Labute approximate surface area is 80.9 Å². The number of carbonyl (C=O) groups excluding carboxylic acids is 2.